The average Bonchev–Trinajstić information content (AvgIpc) is 3.39. The quantitative estimate of drug-likeness (QED) is 0.0132. The second kappa shape index (κ2) is 28.7. The topological polar surface area (TPSA) is 173 Å². The van der Waals surface area contributed by atoms with E-state index < -0.39 is 23.9 Å². The Morgan fingerprint density at radius 2 is 0.887 bits per heavy atom. The van der Waals surface area contributed by atoms with Crippen LogP contribution >= 0.6 is 0 Å². The van der Waals surface area contributed by atoms with Crippen molar-refractivity contribution in [1.29, 1.82) is 0 Å². The molecule has 15 heteroatoms. The van der Waals surface area contributed by atoms with Crippen molar-refractivity contribution in [1.82, 2.24) is 4.98 Å². The summed E-state index contributed by atoms with van der Waals surface area (Å²) >= 11 is 0. The van der Waals surface area contributed by atoms with Gasteiger partial charge in [-0.05, 0) is 160 Å². The number of benzene rings is 5. The highest BCUT2D eigenvalue weighted by molar-refractivity contribution is 6.09. The summed E-state index contributed by atoms with van der Waals surface area (Å²) in [6, 6.07) is 30.9. The SMILES string of the molecule is C=CC(=O)OCCCCCCOc1ccc(C(=O)Oc2ccc3c(c2)nc(Oc2ccc(OCCOCCOC)cc2)c2cc(OC(=O)c4ccc(OCCCCCCOC(=O)C=C)cc4)ccc23)cc1. The van der Waals surface area contributed by atoms with Crippen molar-refractivity contribution >= 4 is 45.6 Å². The van der Waals surface area contributed by atoms with Gasteiger partial charge in [0.2, 0.25) is 5.88 Å². The molecule has 71 heavy (non-hydrogen) atoms. The van der Waals surface area contributed by atoms with Crippen LogP contribution in [0, 0.1) is 0 Å². The van der Waals surface area contributed by atoms with E-state index in [0.29, 0.717) is 97.9 Å². The Balaban J connectivity index is 1.11. The van der Waals surface area contributed by atoms with Crippen LogP contribution < -0.4 is 28.4 Å². The van der Waals surface area contributed by atoms with Gasteiger partial charge in [0.05, 0.1) is 62.9 Å². The number of hydrogen-bond acceptors (Lipinski definition) is 15. The number of hydrogen-bond donors (Lipinski definition) is 0. The molecule has 1 heterocycles. The van der Waals surface area contributed by atoms with Crippen molar-refractivity contribution in [3.8, 4) is 40.4 Å². The molecule has 6 aromatic rings. The largest absolute Gasteiger partial charge is 0.494 e. The predicted octanol–water partition coefficient (Wildman–Crippen LogP) is 11.0. The molecule has 0 aliphatic heterocycles. The molecule has 0 amide bonds. The highest BCUT2D eigenvalue weighted by atomic mass is 16.6. The zero-order valence-electron chi connectivity index (χ0n) is 39.9. The van der Waals surface area contributed by atoms with Gasteiger partial charge in [-0.1, -0.05) is 13.2 Å². The molecule has 0 atom stereocenters. The summed E-state index contributed by atoms with van der Waals surface area (Å²) in [6.07, 6.45) is 9.15. The van der Waals surface area contributed by atoms with Crippen LogP contribution in [0.15, 0.2) is 135 Å². The fraction of sp³-hybridized carbons (Fsp3) is 0.304. The molecule has 0 saturated carbocycles. The first-order chi connectivity index (χ1) is 34.7. The van der Waals surface area contributed by atoms with Gasteiger partial charge in [0, 0.05) is 36.1 Å². The van der Waals surface area contributed by atoms with Gasteiger partial charge >= 0.3 is 23.9 Å². The summed E-state index contributed by atoms with van der Waals surface area (Å²) in [5.41, 5.74) is 1.16. The first-order valence-electron chi connectivity index (χ1n) is 23.6. The van der Waals surface area contributed by atoms with E-state index in [4.69, 9.17) is 52.4 Å². The summed E-state index contributed by atoms with van der Waals surface area (Å²) in [5.74, 6) is 1.15. The van der Waals surface area contributed by atoms with E-state index in [1.54, 1.807) is 104 Å². The van der Waals surface area contributed by atoms with Gasteiger partial charge in [0.15, 0.2) is 0 Å². The van der Waals surface area contributed by atoms with Gasteiger partial charge in [-0.2, -0.15) is 0 Å². The Kier molecular flexibility index (Phi) is 21.2. The number of ether oxygens (including phenoxy) is 10. The maximum Gasteiger partial charge on any atom is 0.343 e. The number of esters is 4. The Morgan fingerprint density at radius 3 is 1.41 bits per heavy atom. The third-order valence-corrected chi connectivity index (χ3v) is 10.7. The van der Waals surface area contributed by atoms with Crippen molar-refractivity contribution in [2.24, 2.45) is 0 Å². The zero-order valence-corrected chi connectivity index (χ0v) is 39.9. The third-order valence-electron chi connectivity index (χ3n) is 10.7. The first kappa shape index (κ1) is 52.6. The van der Waals surface area contributed by atoms with Crippen LogP contribution in [0.5, 0.6) is 40.4 Å². The smallest absolute Gasteiger partial charge is 0.343 e. The van der Waals surface area contributed by atoms with E-state index in [9.17, 15) is 19.2 Å². The molecule has 0 fully saturated rings. The summed E-state index contributed by atoms with van der Waals surface area (Å²) in [6.45, 7) is 10.3. The molecule has 15 nitrogen and oxygen atoms in total. The standard InChI is InChI=1S/C56H59NO14/c1-4-52(58)67-32-12-8-6-10-30-64-42-18-14-40(15-19-42)55(60)70-46-26-28-48-49-29-27-47(71-56(61)41-16-20-43(21-17-41)65-31-11-7-9-13-33-68-53(59)5-2)39-51(49)57-54(50(48)38-46)69-45-24-22-44(23-25-45)66-37-36-63-35-34-62-3/h4-5,14-29,38-39H,1-2,6-13,30-37H2,3H3. The monoisotopic (exact) mass is 969 g/mol. The number of carbonyl (C=O) groups excluding carboxylic acids is 4. The first-order valence-corrected chi connectivity index (χ1v) is 23.6. The Labute approximate surface area is 413 Å². The van der Waals surface area contributed by atoms with Crippen molar-refractivity contribution in [2.75, 3.05) is 60.0 Å². The van der Waals surface area contributed by atoms with Crippen LogP contribution in [0.2, 0.25) is 0 Å². The Morgan fingerprint density at radius 1 is 0.451 bits per heavy atom. The van der Waals surface area contributed by atoms with E-state index in [2.05, 4.69) is 13.2 Å². The summed E-state index contributed by atoms with van der Waals surface area (Å²) in [5, 5.41) is 2.05. The van der Waals surface area contributed by atoms with Crippen LogP contribution in [0.25, 0.3) is 21.7 Å². The number of methoxy groups -OCH3 is 1. The van der Waals surface area contributed by atoms with Crippen molar-refractivity contribution in [3.63, 3.8) is 0 Å². The minimum absolute atomic E-state index is 0.219. The van der Waals surface area contributed by atoms with E-state index in [1.807, 2.05) is 12.1 Å². The predicted molar refractivity (Wildman–Crippen MR) is 267 cm³/mol. The molecule has 0 bridgehead atoms. The molecule has 0 N–H and O–H groups in total. The number of rotatable bonds is 31. The fourth-order valence-corrected chi connectivity index (χ4v) is 6.98. The number of aromatic nitrogens is 1. The molecule has 0 unspecified atom stereocenters. The van der Waals surface area contributed by atoms with Crippen LogP contribution in [-0.2, 0) is 28.5 Å². The van der Waals surface area contributed by atoms with Gasteiger partial charge in [-0.3, -0.25) is 0 Å². The van der Waals surface area contributed by atoms with Gasteiger partial charge < -0.3 is 47.4 Å². The summed E-state index contributed by atoms with van der Waals surface area (Å²) in [4.78, 5) is 53.9. The van der Waals surface area contributed by atoms with Crippen LogP contribution in [-0.4, -0.2) is 88.8 Å². The number of carbonyl (C=O) groups is 4. The lowest BCUT2D eigenvalue weighted by Crippen LogP contribution is -2.09. The highest BCUT2D eigenvalue weighted by Gasteiger charge is 2.17. The molecular weight excluding hydrogens is 911 g/mol. The van der Waals surface area contributed by atoms with Crippen molar-refractivity contribution in [2.45, 2.75) is 51.4 Å². The molecule has 0 spiro atoms. The molecule has 0 radical (unpaired) electrons. The number of fused-ring (bicyclic) bond motifs is 3. The summed E-state index contributed by atoms with van der Waals surface area (Å²) in [7, 11) is 1.62. The minimum atomic E-state index is -0.563. The third kappa shape index (κ3) is 17.3. The molecular formula is C56H59NO14. The highest BCUT2D eigenvalue weighted by Crippen LogP contribution is 2.37. The second-order valence-corrected chi connectivity index (χ2v) is 15.9. The van der Waals surface area contributed by atoms with Gasteiger partial charge in [0.25, 0.3) is 0 Å². The van der Waals surface area contributed by atoms with Crippen LogP contribution in [0.3, 0.4) is 0 Å². The van der Waals surface area contributed by atoms with Gasteiger partial charge in [0.1, 0.15) is 41.1 Å². The zero-order chi connectivity index (χ0) is 50.0. The van der Waals surface area contributed by atoms with E-state index in [-0.39, 0.29) is 17.4 Å². The lowest BCUT2D eigenvalue weighted by Gasteiger charge is -2.14. The minimum Gasteiger partial charge on any atom is -0.494 e. The second-order valence-electron chi connectivity index (χ2n) is 15.9. The summed E-state index contributed by atoms with van der Waals surface area (Å²) < 4.78 is 56.1. The van der Waals surface area contributed by atoms with Crippen LogP contribution in [0.1, 0.15) is 72.1 Å². The fourth-order valence-electron chi connectivity index (χ4n) is 6.98. The molecule has 5 aromatic carbocycles. The van der Waals surface area contributed by atoms with Crippen LogP contribution in [0.4, 0.5) is 0 Å². The van der Waals surface area contributed by atoms with Gasteiger partial charge in [-0.15, -0.1) is 0 Å². The maximum atomic E-state index is 13.4. The number of nitrogens with zero attached hydrogens (tertiary/aromatic N) is 1. The molecule has 0 aliphatic rings. The van der Waals surface area contributed by atoms with Gasteiger partial charge in [-0.25, -0.2) is 24.2 Å². The molecule has 0 saturated heterocycles. The van der Waals surface area contributed by atoms with Crippen molar-refractivity contribution in [3.05, 3.63) is 146 Å². The van der Waals surface area contributed by atoms with E-state index >= 15 is 0 Å². The Bertz CT molecular complexity index is 2680. The average molecular weight is 970 g/mol. The molecule has 372 valence electrons. The van der Waals surface area contributed by atoms with E-state index in [1.165, 1.54) is 0 Å². The maximum absolute atomic E-state index is 13.4. The lowest BCUT2D eigenvalue weighted by molar-refractivity contribution is -0.138. The number of pyridine rings is 1. The molecule has 1 aromatic heterocycles. The normalized spacial score (nSPS) is 10.8. The lowest BCUT2D eigenvalue weighted by atomic mass is 10.1. The Hall–Kier alpha value is -7.75. The number of unbranched alkanes of at least 4 members (excludes halogenated alkanes) is 6. The molecule has 0 aliphatic carbocycles. The molecule has 6 rings (SSSR count). The van der Waals surface area contributed by atoms with E-state index in [0.717, 1.165) is 74.3 Å². The van der Waals surface area contributed by atoms with Crippen molar-refractivity contribution < 1.29 is 66.5 Å².